The third-order valence-corrected chi connectivity index (χ3v) is 2.41. The Labute approximate surface area is 93.3 Å². The predicted molar refractivity (Wildman–Crippen MR) is 62.7 cm³/mol. The molecule has 0 amide bonds. The van der Waals surface area contributed by atoms with Crippen LogP contribution in [0.15, 0.2) is 48.5 Å². The molecule has 0 aliphatic carbocycles. The lowest BCUT2D eigenvalue weighted by Gasteiger charge is -2.06. The molecule has 0 atom stereocenters. The molecule has 0 fully saturated rings. The molecule has 2 N–H and O–H groups in total. The van der Waals surface area contributed by atoms with Crippen LogP contribution in [0, 0.1) is 0 Å². The Bertz CT molecular complexity index is 495. The second-order valence-electron chi connectivity index (χ2n) is 3.40. The van der Waals surface area contributed by atoms with Gasteiger partial charge in [-0.25, -0.2) is 0 Å². The van der Waals surface area contributed by atoms with E-state index in [0.29, 0.717) is 17.5 Å². The van der Waals surface area contributed by atoms with E-state index in [1.807, 2.05) is 41.9 Å². The predicted octanol–water partition coefficient (Wildman–Crippen LogP) is 2.97. The largest absolute Gasteiger partial charge is 0.298 e. The first-order valence-electron chi connectivity index (χ1n) is 4.90. The standard InChI is InChI=1S/C13H11NO2/c15-9-12-7-6-11(8-13(12)14-16)10-4-2-1-3-5-10/h1-9,14,16H. The summed E-state index contributed by atoms with van der Waals surface area (Å²) in [5, 5.41) is 8.91. The van der Waals surface area contributed by atoms with E-state index in [2.05, 4.69) is 0 Å². The molecule has 0 saturated heterocycles. The average molecular weight is 213 g/mol. The minimum atomic E-state index is 0.413. The van der Waals surface area contributed by atoms with Crippen molar-refractivity contribution in [3.05, 3.63) is 54.1 Å². The van der Waals surface area contributed by atoms with E-state index in [4.69, 9.17) is 5.21 Å². The van der Waals surface area contributed by atoms with Gasteiger partial charge in [0.05, 0.1) is 5.69 Å². The first-order chi connectivity index (χ1) is 7.85. The van der Waals surface area contributed by atoms with Crippen LogP contribution in [0.1, 0.15) is 10.4 Å². The van der Waals surface area contributed by atoms with Crippen molar-refractivity contribution in [2.24, 2.45) is 0 Å². The van der Waals surface area contributed by atoms with Gasteiger partial charge in [-0.2, -0.15) is 0 Å². The molecule has 3 nitrogen and oxygen atoms in total. The maximum atomic E-state index is 10.7. The highest BCUT2D eigenvalue weighted by atomic mass is 16.5. The van der Waals surface area contributed by atoms with Gasteiger partial charge in [-0.1, -0.05) is 36.4 Å². The monoisotopic (exact) mass is 213 g/mol. The molecular formula is C13H11NO2. The normalized spacial score (nSPS) is 9.81. The molecule has 0 aromatic heterocycles. The van der Waals surface area contributed by atoms with Gasteiger partial charge in [0.15, 0.2) is 6.29 Å². The highest BCUT2D eigenvalue weighted by Gasteiger charge is 2.03. The smallest absolute Gasteiger partial charge is 0.152 e. The van der Waals surface area contributed by atoms with E-state index in [-0.39, 0.29) is 0 Å². The average Bonchev–Trinajstić information content (AvgIpc) is 2.39. The topological polar surface area (TPSA) is 49.3 Å². The molecule has 0 spiro atoms. The Morgan fingerprint density at radius 1 is 1.00 bits per heavy atom. The molecule has 16 heavy (non-hydrogen) atoms. The van der Waals surface area contributed by atoms with E-state index in [1.165, 1.54) is 0 Å². The number of hydrogen-bond donors (Lipinski definition) is 2. The van der Waals surface area contributed by atoms with Crippen LogP contribution in [0.2, 0.25) is 0 Å². The van der Waals surface area contributed by atoms with Gasteiger partial charge in [-0.15, -0.1) is 0 Å². The van der Waals surface area contributed by atoms with Gasteiger partial charge in [0.2, 0.25) is 0 Å². The van der Waals surface area contributed by atoms with Crippen LogP contribution in [0.4, 0.5) is 5.69 Å². The van der Waals surface area contributed by atoms with E-state index in [0.717, 1.165) is 11.1 Å². The van der Waals surface area contributed by atoms with Crippen molar-refractivity contribution in [2.75, 3.05) is 5.48 Å². The van der Waals surface area contributed by atoms with Crippen LogP contribution in [0.5, 0.6) is 0 Å². The van der Waals surface area contributed by atoms with E-state index >= 15 is 0 Å². The summed E-state index contributed by atoms with van der Waals surface area (Å²) in [6, 6.07) is 15.0. The Morgan fingerprint density at radius 2 is 1.75 bits per heavy atom. The van der Waals surface area contributed by atoms with Crippen molar-refractivity contribution in [3.63, 3.8) is 0 Å². The van der Waals surface area contributed by atoms with Crippen molar-refractivity contribution in [1.82, 2.24) is 0 Å². The van der Waals surface area contributed by atoms with Crippen LogP contribution in [-0.4, -0.2) is 11.5 Å². The van der Waals surface area contributed by atoms with Gasteiger partial charge in [0.25, 0.3) is 0 Å². The molecule has 2 aromatic carbocycles. The maximum Gasteiger partial charge on any atom is 0.152 e. The van der Waals surface area contributed by atoms with Crippen molar-refractivity contribution in [1.29, 1.82) is 0 Å². The number of anilines is 1. The molecule has 0 saturated carbocycles. The summed E-state index contributed by atoms with van der Waals surface area (Å²) >= 11 is 0. The van der Waals surface area contributed by atoms with Gasteiger partial charge in [-0.3, -0.25) is 15.5 Å². The fourth-order valence-corrected chi connectivity index (χ4v) is 1.57. The number of carbonyl (C=O) groups excluding carboxylic acids is 1. The number of nitrogens with one attached hydrogen (secondary N) is 1. The Morgan fingerprint density at radius 3 is 2.38 bits per heavy atom. The number of rotatable bonds is 3. The molecule has 0 heterocycles. The molecule has 2 aromatic rings. The van der Waals surface area contributed by atoms with Gasteiger partial charge in [-0.05, 0) is 23.3 Å². The molecule has 0 aliphatic rings. The van der Waals surface area contributed by atoms with Crippen molar-refractivity contribution >= 4 is 12.0 Å². The lowest BCUT2D eigenvalue weighted by atomic mass is 10.0. The molecule has 80 valence electrons. The highest BCUT2D eigenvalue weighted by Crippen LogP contribution is 2.24. The lowest BCUT2D eigenvalue weighted by Crippen LogP contribution is -1.95. The number of benzene rings is 2. The molecule has 0 radical (unpaired) electrons. The summed E-state index contributed by atoms with van der Waals surface area (Å²) in [6.45, 7) is 0. The van der Waals surface area contributed by atoms with E-state index in [1.54, 1.807) is 12.1 Å². The number of aldehydes is 1. The molecule has 3 heteroatoms. The fourth-order valence-electron chi connectivity index (χ4n) is 1.57. The van der Waals surface area contributed by atoms with Crippen LogP contribution >= 0.6 is 0 Å². The van der Waals surface area contributed by atoms with E-state index < -0.39 is 0 Å². The summed E-state index contributed by atoms with van der Waals surface area (Å²) < 4.78 is 0. The zero-order valence-electron chi connectivity index (χ0n) is 8.55. The maximum absolute atomic E-state index is 10.7. The molecule has 0 aliphatic heterocycles. The van der Waals surface area contributed by atoms with E-state index in [9.17, 15) is 4.79 Å². The first-order valence-corrected chi connectivity index (χ1v) is 4.90. The van der Waals surface area contributed by atoms with Crippen molar-refractivity contribution in [2.45, 2.75) is 0 Å². The third-order valence-electron chi connectivity index (χ3n) is 2.41. The lowest BCUT2D eigenvalue weighted by molar-refractivity contribution is 0.112. The van der Waals surface area contributed by atoms with Gasteiger partial charge >= 0.3 is 0 Å². The zero-order chi connectivity index (χ0) is 11.4. The summed E-state index contributed by atoms with van der Waals surface area (Å²) in [5.41, 5.74) is 4.86. The Hall–Kier alpha value is -2.13. The molecule has 2 rings (SSSR count). The van der Waals surface area contributed by atoms with Crippen LogP contribution < -0.4 is 5.48 Å². The molecule has 0 bridgehead atoms. The number of hydrogen-bond acceptors (Lipinski definition) is 3. The van der Waals surface area contributed by atoms with Crippen LogP contribution in [0.25, 0.3) is 11.1 Å². The van der Waals surface area contributed by atoms with Crippen molar-refractivity contribution < 1.29 is 10.0 Å². The Balaban J connectivity index is 2.48. The molecular weight excluding hydrogens is 202 g/mol. The van der Waals surface area contributed by atoms with Gasteiger partial charge in [0, 0.05) is 5.56 Å². The minimum absolute atomic E-state index is 0.413. The Kier molecular flexibility index (Phi) is 2.98. The number of carbonyl (C=O) groups is 1. The third kappa shape index (κ3) is 1.94. The molecule has 0 unspecified atom stereocenters. The second kappa shape index (κ2) is 4.59. The van der Waals surface area contributed by atoms with Gasteiger partial charge < -0.3 is 0 Å². The fraction of sp³-hybridized carbons (Fsp3) is 0. The zero-order valence-corrected chi connectivity index (χ0v) is 8.55. The second-order valence-corrected chi connectivity index (χ2v) is 3.40. The summed E-state index contributed by atoms with van der Waals surface area (Å²) in [7, 11) is 0. The summed E-state index contributed by atoms with van der Waals surface area (Å²) in [4.78, 5) is 10.7. The summed E-state index contributed by atoms with van der Waals surface area (Å²) in [5.74, 6) is 0. The van der Waals surface area contributed by atoms with Gasteiger partial charge in [0.1, 0.15) is 0 Å². The SMILES string of the molecule is O=Cc1ccc(-c2ccccc2)cc1NO. The van der Waals surface area contributed by atoms with Crippen molar-refractivity contribution in [3.8, 4) is 11.1 Å². The minimum Gasteiger partial charge on any atom is -0.298 e. The summed E-state index contributed by atoms with van der Waals surface area (Å²) in [6.07, 6.45) is 0.702. The van der Waals surface area contributed by atoms with Crippen LogP contribution in [0.3, 0.4) is 0 Å². The highest BCUT2D eigenvalue weighted by molar-refractivity contribution is 5.86. The van der Waals surface area contributed by atoms with Crippen LogP contribution in [-0.2, 0) is 0 Å². The quantitative estimate of drug-likeness (QED) is 0.608. The first kappa shape index (κ1) is 10.4.